The smallest absolute Gasteiger partial charge is 0.328 e. The number of nitro groups is 1. The minimum Gasteiger partial charge on any atom is -0.478 e. The summed E-state index contributed by atoms with van der Waals surface area (Å²) >= 11 is 0. The number of nitrogens with zero attached hydrogens (tertiary/aromatic N) is 1. The lowest BCUT2D eigenvalue weighted by Gasteiger charge is -1.99. The second kappa shape index (κ2) is 4.36. The fraction of sp³-hybridized carbons (Fsp3) is 0.100. The number of benzene rings is 1. The molecule has 1 aromatic carbocycles. The number of carbonyl (C=O) groups is 1. The van der Waals surface area contributed by atoms with E-state index in [1.807, 2.05) is 0 Å². The molecule has 0 aliphatic carbocycles. The summed E-state index contributed by atoms with van der Waals surface area (Å²) in [6, 6.07) is 5.73. The Bertz CT molecular complexity index is 420. The molecule has 0 saturated heterocycles. The molecule has 0 aliphatic rings. The standard InChI is InChI=1S/C10H9NO4/c1-7(6-10(12)13)8-2-4-9(5-3-8)11(14)15/h2-6H,1H3,(H,12,13). The zero-order chi connectivity index (χ0) is 11.4. The van der Waals surface area contributed by atoms with Gasteiger partial charge in [-0.1, -0.05) is 0 Å². The van der Waals surface area contributed by atoms with Crippen LogP contribution in [-0.2, 0) is 4.79 Å². The van der Waals surface area contributed by atoms with Crippen molar-refractivity contribution in [3.63, 3.8) is 0 Å². The van der Waals surface area contributed by atoms with Crippen LogP contribution < -0.4 is 0 Å². The minimum absolute atomic E-state index is 0.0122. The van der Waals surface area contributed by atoms with E-state index in [0.717, 1.165) is 6.08 Å². The van der Waals surface area contributed by atoms with E-state index in [2.05, 4.69) is 0 Å². The van der Waals surface area contributed by atoms with Gasteiger partial charge in [0.05, 0.1) is 4.92 Å². The normalized spacial score (nSPS) is 11.1. The molecule has 0 unspecified atom stereocenters. The fourth-order valence-electron chi connectivity index (χ4n) is 1.11. The van der Waals surface area contributed by atoms with Crippen LogP contribution in [0.1, 0.15) is 12.5 Å². The molecule has 1 rings (SSSR count). The van der Waals surface area contributed by atoms with Crippen LogP contribution in [-0.4, -0.2) is 16.0 Å². The lowest BCUT2D eigenvalue weighted by Crippen LogP contribution is -1.91. The molecule has 0 bridgehead atoms. The zero-order valence-electron chi connectivity index (χ0n) is 8.01. The molecule has 78 valence electrons. The summed E-state index contributed by atoms with van der Waals surface area (Å²) in [5.74, 6) is -1.04. The monoisotopic (exact) mass is 207 g/mol. The molecule has 0 aromatic heterocycles. The molecule has 5 nitrogen and oxygen atoms in total. The molecular weight excluding hydrogens is 198 g/mol. The van der Waals surface area contributed by atoms with Gasteiger partial charge in [-0.05, 0) is 30.2 Å². The first-order chi connectivity index (χ1) is 7.00. The highest BCUT2D eigenvalue weighted by Crippen LogP contribution is 2.17. The average molecular weight is 207 g/mol. The Kier molecular flexibility index (Phi) is 3.17. The van der Waals surface area contributed by atoms with E-state index >= 15 is 0 Å². The van der Waals surface area contributed by atoms with Gasteiger partial charge in [0.25, 0.3) is 5.69 Å². The maximum atomic E-state index is 10.4. The van der Waals surface area contributed by atoms with Gasteiger partial charge in [0, 0.05) is 18.2 Å². The summed E-state index contributed by atoms with van der Waals surface area (Å²) in [5, 5.41) is 18.9. The summed E-state index contributed by atoms with van der Waals surface area (Å²) in [5.41, 5.74) is 1.20. The lowest BCUT2D eigenvalue weighted by molar-refractivity contribution is -0.384. The van der Waals surface area contributed by atoms with Crippen molar-refractivity contribution < 1.29 is 14.8 Å². The number of nitro benzene ring substituents is 1. The van der Waals surface area contributed by atoms with Crippen molar-refractivity contribution in [2.45, 2.75) is 6.92 Å². The molecule has 0 saturated carbocycles. The number of hydrogen-bond acceptors (Lipinski definition) is 3. The van der Waals surface area contributed by atoms with Gasteiger partial charge in [0.15, 0.2) is 0 Å². The third kappa shape index (κ3) is 2.91. The second-order valence-corrected chi connectivity index (χ2v) is 2.97. The van der Waals surface area contributed by atoms with E-state index in [9.17, 15) is 14.9 Å². The van der Waals surface area contributed by atoms with Gasteiger partial charge in [-0.25, -0.2) is 4.79 Å². The maximum Gasteiger partial charge on any atom is 0.328 e. The number of aliphatic carboxylic acids is 1. The van der Waals surface area contributed by atoms with Crippen LogP contribution >= 0.6 is 0 Å². The first-order valence-corrected chi connectivity index (χ1v) is 4.17. The van der Waals surface area contributed by atoms with Crippen LogP contribution in [0.2, 0.25) is 0 Å². The summed E-state index contributed by atoms with van der Waals surface area (Å²) in [6.45, 7) is 1.63. The van der Waals surface area contributed by atoms with Crippen molar-refractivity contribution in [2.24, 2.45) is 0 Å². The number of rotatable bonds is 3. The Hall–Kier alpha value is -2.17. The molecule has 0 aliphatic heterocycles. The number of non-ortho nitro benzene ring substituents is 1. The van der Waals surface area contributed by atoms with Crippen LogP contribution in [0.3, 0.4) is 0 Å². The molecule has 0 amide bonds. The van der Waals surface area contributed by atoms with E-state index in [4.69, 9.17) is 5.11 Å². The van der Waals surface area contributed by atoms with Crippen molar-refractivity contribution in [1.82, 2.24) is 0 Å². The van der Waals surface area contributed by atoms with Crippen molar-refractivity contribution in [3.05, 3.63) is 46.0 Å². The third-order valence-corrected chi connectivity index (χ3v) is 1.87. The van der Waals surface area contributed by atoms with E-state index in [1.54, 1.807) is 6.92 Å². The zero-order valence-corrected chi connectivity index (χ0v) is 8.01. The fourth-order valence-corrected chi connectivity index (χ4v) is 1.11. The molecular formula is C10H9NO4. The van der Waals surface area contributed by atoms with E-state index in [1.165, 1.54) is 24.3 Å². The Labute approximate surface area is 85.8 Å². The largest absolute Gasteiger partial charge is 0.478 e. The highest BCUT2D eigenvalue weighted by atomic mass is 16.6. The third-order valence-electron chi connectivity index (χ3n) is 1.87. The Morgan fingerprint density at radius 1 is 1.40 bits per heavy atom. The predicted octanol–water partition coefficient (Wildman–Crippen LogP) is 2.08. The quantitative estimate of drug-likeness (QED) is 0.467. The number of carboxylic acid groups (broad SMARTS) is 1. The van der Waals surface area contributed by atoms with Gasteiger partial charge < -0.3 is 5.11 Å². The predicted molar refractivity (Wildman–Crippen MR) is 54.4 cm³/mol. The van der Waals surface area contributed by atoms with Gasteiger partial charge in [-0.3, -0.25) is 10.1 Å². The van der Waals surface area contributed by atoms with Crippen LogP contribution in [0.5, 0.6) is 0 Å². The van der Waals surface area contributed by atoms with Crippen LogP contribution in [0.15, 0.2) is 30.3 Å². The molecule has 0 radical (unpaired) electrons. The van der Waals surface area contributed by atoms with Crippen LogP contribution in [0, 0.1) is 10.1 Å². The molecule has 15 heavy (non-hydrogen) atoms. The molecule has 5 heteroatoms. The van der Waals surface area contributed by atoms with Crippen LogP contribution in [0.4, 0.5) is 5.69 Å². The van der Waals surface area contributed by atoms with Gasteiger partial charge >= 0.3 is 5.97 Å². The molecule has 0 heterocycles. The molecule has 1 aromatic rings. The number of allylic oxidation sites excluding steroid dienone is 1. The van der Waals surface area contributed by atoms with Crippen molar-refractivity contribution in [3.8, 4) is 0 Å². The summed E-state index contributed by atoms with van der Waals surface area (Å²) < 4.78 is 0. The van der Waals surface area contributed by atoms with Gasteiger partial charge in [0.1, 0.15) is 0 Å². The topological polar surface area (TPSA) is 80.4 Å². The minimum atomic E-state index is -1.04. The first kappa shape index (κ1) is 10.9. The van der Waals surface area contributed by atoms with E-state index < -0.39 is 10.9 Å². The van der Waals surface area contributed by atoms with Crippen molar-refractivity contribution in [1.29, 1.82) is 0 Å². The number of hydrogen-bond donors (Lipinski definition) is 1. The maximum absolute atomic E-state index is 10.4. The molecule has 1 N–H and O–H groups in total. The highest BCUT2D eigenvalue weighted by molar-refractivity contribution is 5.89. The second-order valence-electron chi connectivity index (χ2n) is 2.97. The summed E-state index contributed by atoms with van der Waals surface area (Å²) in [7, 11) is 0. The van der Waals surface area contributed by atoms with Crippen LogP contribution in [0.25, 0.3) is 5.57 Å². The Balaban J connectivity index is 2.99. The summed E-state index contributed by atoms with van der Waals surface area (Å²) in [4.78, 5) is 20.2. The van der Waals surface area contributed by atoms with Gasteiger partial charge in [-0.15, -0.1) is 0 Å². The summed E-state index contributed by atoms with van der Waals surface area (Å²) in [6.07, 6.45) is 1.06. The van der Waals surface area contributed by atoms with Gasteiger partial charge in [0.2, 0.25) is 0 Å². The molecule has 0 atom stereocenters. The Morgan fingerprint density at radius 2 is 1.93 bits per heavy atom. The SMILES string of the molecule is CC(=CC(=O)O)c1ccc([N+](=O)[O-])cc1. The lowest BCUT2D eigenvalue weighted by atomic mass is 10.1. The van der Waals surface area contributed by atoms with E-state index in [-0.39, 0.29) is 5.69 Å². The van der Waals surface area contributed by atoms with Crippen molar-refractivity contribution in [2.75, 3.05) is 0 Å². The first-order valence-electron chi connectivity index (χ1n) is 4.17. The number of carboxylic acids is 1. The van der Waals surface area contributed by atoms with Gasteiger partial charge in [-0.2, -0.15) is 0 Å². The average Bonchev–Trinajstić information content (AvgIpc) is 2.17. The molecule has 0 spiro atoms. The highest BCUT2D eigenvalue weighted by Gasteiger charge is 2.05. The van der Waals surface area contributed by atoms with E-state index in [0.29, 0.717) is 11.1 Å². The Morgan fingerprint density at radius 3 is 2.33 bits per heavy atom. The van der Waals surface area contributed by atoms with Crippen molar-refractivity contribution >= 4 is 17.2 Å². The molecule has 0 fully saturated rings.